The van der Waals surface area contributed by atoms with Gasteiger partial charge in [0, 0.05) is 5.56 Å². The number of aromatic nitrogens is 2. The van der Waals surface area contributed by atoms with E-state index in [1.54, 1.807) is 30.3 Å². The maximum atomic E-state index is 13.2. The Balaban J connectivity index is 1.59. The van der Waals surface area contributed by atoms with Crippen LogP contribution in [0.15, 0.2) is 41.6 Å². The molecule has 1 amide bonds. The molecule has 2 heterocycles. The number of nitrogens with zero attached hydrogens (tertiary/aromatic N) is 2. The molecule has 0 spiro atoms. The van der Waals surface area contributed by atoms with Gasteiger partial charge in [0.25, 0.3) is 0 Å². The maximum Gasteiger partial charge on any atom is 0.433 e. The zero-order chi connectivity index (χ0) is 20.7. The fourth-order valence-electron chi connectivity index (χ4n) is 2.86. The van der Waals surface area contributed by atoms with Crippen molar-refractivity contribution in [1.82, 2.24) is 15.3 Å². The van der Waals surface area contributed by atoms with Gasteiger partial charge in [-0.2, -0.15) is 13.2 Å². The molecule has 0 bridgehead atoms. The van der Waals surface area contributed by atoms with E-state index in [4.69, 9.17) is 4.74 Å². The Bertz CT molecular complexity index is 815. The van der Waals surface area contributed by atoms with E-state index in [9.17, 15) is 18.0 Å². The number of thioether (sulfide) groups is 1. The van der Waals surface area contributed by atoms with Crippen LogP contribution < -0.4 is 10.2 Å². The van der Waals surface area contributed by atoms with Crippen molar-refractivity contribution < 1.29 is 27.6 Å². The van der Waals surface area contributed by atoms with Crippen molar-refractivity contribution in [2.45, 2.75) is 11.3 Å². The second-order valence-electron chi connectivity index (χ2n) is 6.54. The van der Waals surface area contributed by atoms with Crippen LogP contribution in [0.25, 0.3) is 11.3 Å². The largest absolute Gasteiger partial charge is 0.433 e. The molecule has 1 aromatic carbocycles. The third kappa shape index (κ3) is 6.69. The van der Waals surface area contributed by atoms with Gasteiger partial charge < -0.3 is 15.0 Å². The summed E-state index contributed by atoms with van der Waals surface area (Å²) >= 11 is 0.893. The van der Waals surface area contributed by atoms with E-state index < -0.39 is 11.9 Å². The van der Waals surface area contributed by atoms with Crippen LogP contribution in [0.1, 0.15) is 5.69 Å². The number of carbonyl (C=O) groups is 1. The van der Waals surface area contributed by atoms with E-state index in [2.05, 4.69) is 15.3 Å². The predicted molar refractivity (Wildman–Crippen MR) is 103 cm³/mol. The summed E-state index contributed by atoms with van der Waals surface area (Å²) < 4.78 is 44.9. The molecular formula is C19H22F3N4O2S+. The highest BCUT2D eigenvalue weighted by Gasteiger charge is 2.34. The van der Waals surface area contributed by atoms with Crippen molar-refractivity contribution in [3.63, 3.8) is 0 Å². The minimum Gasteiger partial charge on any atom is -0.370 e. The Hall–Kier alpha value is -2.17. The molecule has 2 N–H and O–H groups in total. The summed E-state index contributed by atoms with van der Waals surface area (Å²) in [5.74, 6) is -0.307. The summed E-state index contributed by atoms with van der Waals surface area (Å²) in [7, 11) is 0. The molecule has 0 unspecified atom stereocenters. The van der Waals surface area contributed by atoms with E-state index in [0.717, 1.165) is 50.7 Å². The van der Waals surface area contributed by atoms with Crippen molar-refractivity contribution >= 4 is 17.7 Å². The average molecular weight is 427 g/mol. The first-order chi connectivity index (χ1) is 13.9. The number of amides is 1. The van der Waals surface area contributed by atoms with E-state index in [1.807, 2.05) is 0 Å². The minimum absolute atomic E-state index is 0.0476. The van der Waals surface area contributed by atoms with Crippen molar-refractivity contribution in [2.24, 2.45) is 0 Å². The van der Waals surface area contributed by atoms with Gasteiger partial charge in [0.05, 0.1) is 37.8 Å². The van der Waals surface area contributed by atoms with Crippen LogP contribution in [-0.4, -0.2) is 61.0 Å². The molecule has 0 aliphatic carbocycles. The summed E-state index contributed by atoms with van der Waals surface area (Å²) in [6.45, 7) is 4.55. The highest BCUT2D eigenvalue weighted by Crippen LogP contribution is 2.31. The molecule has 1 saturated heterocycles. The maximum absolute atomic E-state index is 13.2. The Labute approximate surface area is 170 Å². The Morgan fingerprint density at radius 3 is 2.59 bits per heavy atom. The first kappa shape index (κ1) is 21.5. The van der Waals surface area contributed by atoms with Crippen molar-refractivity contribution in [3.8, 4) is 11.3 Å². The van der Waals surface area contributed by atoms with Gasteiger partial charge in [0.2, 0.25) is 5.91 Å². The van der Waals surface area contributed by atoms with Gasteiger partial charge in [-0.15, -0.1) is 0 Å². The lowest BCUT2D eigenvalue weighted by Gasteiger charge is -2.23. The normalized spacial score (nSPS) is 15.3. The zero-order valence-electron chi connectivity index (χ0n) is 15.7. The second-order valence-corrected chi connectivity index (χ2v) is 7.48. The van der Waals surface area contributed by atoms with Crippen molar-refractivity contribution in [3.05, 3.63) is 42.1 Å². The number of morpholine rings is 1. The summed E-state index contributed by atoms with van der Waals surface area (Å²) in [6, 6.07) is 9.50. The molecule has 10 heteroatoms. The minimum atomic E-state index is -4.59. The Kier molecular flexibility index (Phi) is 7.45. The summed E-state index contributed by atoms with van der Waals surface area (Å²) in [6.07, 6.45) is -4.59. The van der Waals surface area contributed by atoms with Gasteiger partial charge >= 0.3 is 6.18 Å². The molecule has 1 aliphatic rings. The number of ether oxygens (including phenoxy) is 1. The third-order valence-electron chi connectivity index (χ3n) is 4.40. The number of nitrogens with one attached hydrogen (secondary N) is 2. The number of carbonyl (C=O) groups excluding carboxylic acids is 1. The molecule has 3 rings (SSSR count). The lowest BCUT2D eigenvalue weighted by atomic mass is 10.1. The lowest BCUT2D eigenvalue weighted by molar-refractivity contribution is -0.906. The van der Waals surface area contributed by atoms with Gasteiger partial charge in [-0.25, -0.2) is 9.97 Å². The fraction of sp³-hybridized carbons (Fsp3) is 0.421. The zero-order valence-corrected chi connectivity index (χ0v) is 16.5. The smallest absolute Gasteiger partial charge is 0.370 e. The van der Waals surface area contributed by atoms with Gasteiger partial charge in [-0.1, -0.05) is 42.1 Å². The first-order valence-electron chi connectivity index (χ1n) is 9.24. The molecule has 6 nitrogen and oxygen atoms in total. The lowest BCUT2D eigenvalue weighted by Crippen LogP contribution is -3.14. The fourth-order valence-corrected chi connectivity index (χ4v) is 3.55. The summed E-state index contributed by atoms with van der Waals surface area (Å²) in [4.78, 5) is 21.2. The number of benzene rings is 1. The first-order valence-corrected chi connectivity index (χ1v) is 10.2. The van der Waals surface area contributed by atoms with Gasteiger partial charge in [-0.3, -0.25) is 4.79 Å². The van der Waals surface area contributed by atoms with Crippen molar-refractivity contribution in [2.75, 3.05) is 45.1 Å². The number of halogens is 3. The Morgan fingerprint density at radius 1 is 1.17 bits per heavy atom. The van der Waals surface area contributed by atoms with Crippen LogP contribution in [0.5, 0.6) is 0 Å². The standard InChI is InChI=1S/C19H21F3N4O2S/c20-19(21,22)16-12-15(14-4-2-1-3-5-14)24-18(25-16)29-13-17(27)23-6-7-26-8-10-28-11-9-26/h1-5,12H,6-11,13H2,(H,23,27)/p+1. The van der Waals surface area contributed by atoms with E-state index >= 15 is 0 Å². The SMILES string of the molecule is O=C(CSc1nc(-c2ccccc2)cc(C(F)(F)F)n1)NCC[NH+]1CCOCC1. The van der Waals surface area contributed by atoms with Crippen LogP contribution >= 0.6 is 11.8 Å². The van der Waals surface area contributed by atoms with Crippen LogP contribution in [0, 0.1) is 0 Å². The quantitative estimate of drug-likeness (QED) is 0.515. The van der Waals surface area contributed by atoms with Crippen LogP contribution in [0.3, 0.4) is 0 Å². The number of rotatable bonds is 7. The molecule has 1 aliphatic heterocycles. The summed E-state index contributed by atoms with van der Waals surface area (Å²) in [5, 5.41) is 2.72. The molecule has 0 saturated carbocycles. The molecule has 0 atom stereocenters. The molecule has 156 valence electrons. The van der Waals surface area contributed by atoms with Gasteiger partial charge in [0.15, 0.2) is 5.16 Å². The molecule has 1 fully saturated rings. The number of quaternary nitrogens is 1. The molecule has 0 radical (unpaired) electrons. The summed E-state index contributed by atoms with van der Waals surface area (Å²) in [5.41, 5.74) is -0.294. The highest BCUT2D eigenvalue weighted by atomic mass is 32.2. The van der Waals surface area contributed by atoms with Gasteiger partial charge in [-0.05, 0) is 6.07 Å². The van der Waals surface area contributed by atoms with E-state index in [1.165, 1.54) is 4.90 Å². The average Bonchev–Trinajstić information content (AvgIpc) is 2.73. The topological polar surface area (TPSA) is 68.5 Å². The van der Waals surface area contributed by atoms with Crippen LogP contribution in [-0.2, 0) is 15.7 Å². The second kappa shape index (κ2) is 10.0. The van der Waals surface area contributed by atoms with Crippen molar-refractivity contribution in [1.29, 1.82) is 0 Å². The molecule has 2 aromatic rings. The third-order valence-corrected chi connectivity index (χ3v) is 5.25. The molecular weight excluding hydrogens is 405 g/mol. The van der Waals surface area contributed by atoms with Crippen LogP contribution in [0.4, 0.5) is 13.2 Å². The predicted octanol–water partition coefficient (Wildman–Crippen LogP) is 1.29. The van der Waals surface area contributed by atoms with Crippen LogP contribution in [0.2, 0.25) is 0 Å². The Morgan fingerprint density at radius 2 is 1.90 bits per heavy atom. The molecule has 1 aromatic heterocycles. The van der Waals surface area contributed by atoms with E-state index in [-0.39, 0.29) is 22.5 Å². The van der Waals surface area contributed by atoms with Gasteiger partial charge in [0.1, 0.15) is 18.8 Å². The number of hydrogen-bond donors (Lipinski definition) is 2. The molecule has 29 heavy (non-hydrogen) atoms. The number of alkyl halides is 3. The van der Waals surface area contributed by atoms with E-state index in [0.29, 0.717) is 12.1 Å². The highest BCUT2D eigenvalue weighted by molar-refractivity contribution is 7.99. The number of hydrogen-bond acceptors (Lipinski definition) is 5. The monoisotopic (exact) mass is 427 g/mol.